The van der Waals surface area contributed by atoms with Gasteiger partial charge in [0.25, 0.3) is 11.7 Å². The number of ketones is 1. The van der Waals surface area contributed by atoms with E-state index < -0.39 is 17.7 Å². The SMILES string of the molecule is CCOc1cccc([C@@H]2/C(=C(\O)c3ccc4c(c3)C[C@H](C)O4)C(=O)C(=O)N2Cc2cccnc2)c1. The van der Waals surface area contributed by atoms with E-state index in [0.717, 1.165) is 16.9 Å². The summed E-state index contributed by atoms with van der Waals surface area (Å²) in [5.74, 6) is -0.192. The predicted molar refractivity (Wildman–Crippen MR) is 130 cm³/mol. The number of carbonyl (C=O) groups excluding carboxylic acids is 2. The van der Waals surface area contributed by atoms with Gasteiger partial charge in [0.05, 0.1) is 18.2 Å². The fraction of sp³-hybridized carbons (Fsp3) is 0.250. The molecule has 178 valence electrons. The van der Waals surface area contributed by atoms with Crippen molar-refractivity contribution in [3.63, 3.8) is 0 Å². The Morgan fingerprint density at radius 2 is 2.03 bits per heavy atom. The lowest BCUT2D eigenvalue weighted by Gasteiger charge is -2.25. The Hall–Kier alpha value is -4.13. The minimum atomic E-state index is -0.779. The molecule has 2 atom stereocenters. The maximum atomic E-state index is 13.3. The van der Waals surface area contributed by atoms with Gasteiger partial charge in [-0.3, -0.25) is 14.6 Å². The van der Waals surface area contributed by atoms with Crippen LogP contribution in [0.3, 0.4) is 0 Å². The molecular weight excluding hydrogens is 444 g/mol. The molecule has 3 heterocycles. The molecule has 0 bridgehead atoms. The Kier molecular flexibility index (Phi) is 5.99. The molecule has 0 unspecified atom stereocenters. The summed E-state index contributed by atoms with van der Waals surface area (Å²) in [5.41, 5.74) is 2.95. The zero-order chi connectivity index (χ0) is 24.5. The highest BCUT2D eigenvalue weighted by molar-refractivity contribution is 6.46. The number of benzene rings is 2. The van der Waals surface area contributed by atoms with Crippen LogP contribution in [0, 0.1) is 0 Å². The largest absolute Gasteiger partial charge is 0.507 e. The van der Waals surface area contributed by atoms with Crippen molar-refractivity contribution in [2.75, 3.05) is 6.61 Å². The Labute approximate surface area is 203 Å². The van der Waals surface area contributed by atoms with Crippen LogP contribution in [-0.2, 0) is 22.6 Å². The zero-order valence-corrected chi connectivity index (χ0v) is 19.6. The van der Waals surface area contributed by atoms with Crippen LogP contribution in [0.1, 0.15) is 42.1 Å². The van der Waals surface area contributed by atoms with Crippen LogP contribution < -0.4 is 9.47 Å². The van der Waals surface area contributed by atoms with Crippen LogP contribution in [0.4, 0.5) is 0 Å². The number of nitrogens with zero attached hydrogens (tertiary/aromatic N) is 2. The molecular formula is C28H26N2O5. The zero-order valence-electron chi connectivity index (χ0n) is 19.6. The third-order valence-electron chi connectivity index (χ3n) is 6.27. The standard InChI is InChI=1S/C28H26N2O5/c1-3-34-22-8-4-7-19(14-22)25-24(26(31)20-9-10-23-21(13-20)12-17(2)35-23)27(32)28(33)30(25)16-18-6-5-11-29-15-18/h4-11,13-15,17,25,31H,3,12,16H2,1-2H3/b26-24+/t17-,25+/m0/s1. The number of aliphatic hydroxyl groups is 1. The van der Waals surface area contributed by atoms with E-state index in [4.69, 9.17) is 9.47 Å². The second kappa shape index (κ2) is 9.25. The molecule has 2 aliphatic heterocycles. The summed E-state index contributed by atoms with van der Waals surface area (Å²) < 4.78 is 11.4. The van der Waals surface area contributed by atoms with Gasteiger partial charge in [-0.25, -0.2) is 0 Å². The number of aliphatic hydroxyl groups excluding tert-OH is 1. The predicted octanol–water partition coefficient (Wildman–Crippen LogP) is 4.43. The molecule has 5 rings (SSSR count). The highest BCUT2D eigenvalue weighted by atomic mass is 16.5. The van der Waals surface area contributed by atoms with Gasteiger partial charge in [-0.15, -0.1) is 0 Å². The number of aromatic nitrogens is 1. The molecule has 0 radical (unpaired) electrons. The van der Waals surface area contributed by atoms with Crippen molar-refractivity contribution >= 4 is 17.4 Å². The molecule has 2 aliphatic rings. The number of ether oxygens (including phenoxy) is 2. The number of Topliss-reactive ketones (excluding diaryl/α,β-unsaturated/α-hetero) is 1. The Bertz CT molecular complexity index is 1320. The first-order valence-corrected chi connectivity index (χ1v) is 11.7. The van der Waals surface area contributed by atoms with E-state index in [-0.39, 0.29) is 24.0 Å². The van der Waals surface area contributed by atoms with Crippen molar-refractivity contribution in [3.05, 3.63) is 94.8 Å². The lowest BCUT2D eigenvalue weighted by atomic mass is 9.94. The van der Waals surface area contributed by atoms with Crippen molar-refractivity contribution in [2.24, 2.45) is 0 Å². The third-order valence-corrected chi connectivity index (χ3v) is 6.27. The highest BCUT2D eigenvalue weighted by Gasteiger charge is 2.46. The number of fused-ring (bicyclic) bond motifs is 1. The van der Waals surface area contributed by atoms with E-state index in [1.54, 1.807) is 30.6 Å². The monoisotopic (exact) mass is 470 g/mol. The maximum absolute atomic E-state index is 13.3. The minimum Gasteiger partial charge on any atom is -0.507 e. The number of rotatable bonds is 6. The average molecular weight is 471 g/mol. The normalized spacial score (nSPS) is 20.6. The fourth-order valence-corrected chi connectivity index (χ4v) is 4.74. The molecule has 7 nitrogen and oxygen atoms in total. The Morgan fingerprint density at radius 3 is 2.80 bits per heavy atom. The van der Waals surface area contributed by atoms with E-state index in [2.05, 4.69) is 4.98 Å². The molecule has 2 aromatic carbocycles. The second-order valence-electron chi connectivity index (χ2n) is 8.75. The average Bonchev–Trinajstić information content (AvgIpc) is 3.35. The van der Waals surface area contributed by atoms with Crippen molar-refractivity contribution in [1.29, 1.82) is 0 Å². The van der Waals surface area contributed by atoms with Gasteiger partial charge in [0, 0.05) is 30.9 Å². The van der Waals surface area contributed by atoms with Gasteiger partial charge >= 0.3 is 0 Å². The van der Waals surface area contributed by atoms with Crippen LogP contribution in [0.15, 0.2) is 72.6 Å². The van der Waals surface area contributed by atoms with Crippen molar-refractivity contribution in [1.82, 2.24) is 9.88 Å². The first kappa shape index (κ1) is 22.7. The molecule has 0 aliphatic carbocycles. The summed E-state index contributed by atoms with van der Waals surface area (Å²) in [4.78, 5) is 32.2. The van der Waals surface area contributed by atoms with Crippen LogP contribution in [0.2, 0.25) is 0 Å². The van der Waals surface area contributed by atoms with Gasteiger partial charge in [-0.2, -0.15) is 0 Å². The molecule has 3 aromatic rings. The van der Waals surface area contributed by atoms with Crippen LogP contribution in [0.5, 0.6) is 11.5 Å². The minimum absolute atomic E-state index is 0.0498. The summed E-state index contributed by atoms with van der Waals surface area (Å²) >= 11 is 0. The molecule has 1 fully saturated rings. The molecule has 7 heteroatoms. The van der Waals surface area contributed by atoms with Gasteiger partial charge in [-0.1, -0.05) is 18.2 Å². The number of hydrogen-bond donors (Lipinski definition) is 1. The second-order valence-corrected chi connectivity index (χ2v) is 8.75. The topological polar surface area (TPSA) is 89.0 Å². The molecule has 0 saturated carbocycles. The Balaban J connectivity index is 1.63. The van der Waals surface area contributed by atoms with E-state index >= 15 is 0 Å². The van der Waals surface area contributed by atoms with Crippen molar-refractivity contribution in [2.45, 2.75) is 39.0 Å². The highest BCUT2D eigenvalue weighted by Crippen LogP contribution is 2.42. The number of amides is 1. The molecule has 1 aromatic heterocycles. The summed E-state index contributed by atoms with van der Waals surface area (Å²) in [6, 6.07) is 15.5. The molecule has 1 saturated heterocycles. The summed E-state index contributed by atoms with van der Waals surface area (Å²) in [6.07, 6.45) is 4.08. The smallest absolute Gasteiger partial charge is 0.295 e. The van der Waals surface area contributed by atoms with Crippen molar-refractivity contribution in [3.8, 4) is 11.5 Å². The number of carbonyl (C=O) groups is 2. The summed E-state index contributed by atoms with van der Waals surface area (Å²) in [7, 11) is 0. The van der Waals surface area contributed by atoms with Gasteiger partial charge < -0.3 is 19.5 Å². The molecule has 0 spiro atoms. The van der Waals surface area contributed by atoms with Gasteiger partial charge in [0.2, 0.25) is 0 Å². The number of hydrogen-bond acceptors (Lipinski definition) is 6. The van der Waals surface area contributed by atoms with Gasteiger partial charge in [0.15, 0.2) is 0 Å². The van der Waals surface area contributed by atoms with Gasteiger partial charge in [-0.05, 0) is 66.9 Å². The molecule has 1 amide bonds. The van der Waals surface area contributed by atoms with Gasteiger partial charge in [0.1, 0.15) is 23.4 Å². The summed E-state index contributed by atoms with van der Waals surface area (Å²) in [5, 5.41) is 11.4. The van der Waals surface area contributed by atoms with E-state index in [9.17, 15) is 14.7 Å². The first-order chi connectivity index (χ1) is 17.0. The quantitative estimate of drug-likeness (QED) is 0.326. The maximum Gasteiger partial charge on any atom is 0.295 e. The summed E-state index contributed by atoms with van der Waals surface area (Å²) in [6.45, 7) is 4.53. The van der Waals surface area contributed by atoms with Crippen LogP contribution >= 0.6 is 0 Å². The molecule has 35 heavy (non-hydrogen) atoms. The van der Waals surface area contributed by atoms with Crippen LogP contribution in [0.25, 0.3) is 5.76 Å². The first-order valence-electron chi connectivity index (χ1n) is 11.7. The number of likely N-dealkylation sites (tertiary alicyclic amines) is 1. The van der Waals surface area contributed by atoms with E-state index in [1.165, 1.54) is 4.90 Å². The third kappa shape index (κ3) is 4.25. The Morgan fingerprint density at radius 1 is 1.17 bits per heavy atom. The lowest BCUT2D eigenvalue weighted by molar-refractivity contribution is -0.140. The lowest BCUT2D eigenvalue weighted by Crippen LogP contribution is -2.29. The fourth-order valence-electron chi connectivity index (χ4n) is 4.74. The van der Waals surface area contributed by atoms with Crippen LogP contribution in [-0.4, -0.2) is 39.4 Å². The molecule has 1 N–H and O–H groups in total. The van der Waals surface area contributed by atoms with Crippen molar-refractivity contribution < 1.29 is 24.2 Å². The van der Waals surface area contributed by atoms with E-state index in [0.29, 0.717) is 29.9 Å². The number of pyridine rings is 1. The van der Waals surface area contributed by atoms with E-state index in [1.807, 2.05) is 50.2 Å².